The lowest BCUT2D eigenvalue weighted by Crippen LogP contribution is -2.15. The molecule has 0 aliphatic rings. The zero-order valence-electron chi connectivity index (χ0n) is 7.95. The standard InChI is InChI=1S/C9H9BrClN3O/c1-14-9(5(11)4-13-14)8(12)6-2-3-7(10)15-6/h2-4,8H,12H2,1H3. The third-order valence-electron chi connectivity index (χ3n) is 2.13. The molecule has 15 heavy (non-hydrogen) atoms. The first-order valence-corrected chi connectivity index (χ1v) is 5.45. The molecule has 80 valence electrons. The van der Waals surface area contributed by atoms with Crippen LogP contribution in [-0.4, -0.2) is 9.78 Å². The smallest absolute Gasteiger partial charge is 0.169 e. The second kappa shape index (κ2) is 4.00. The lowest BCUT2D eigenvalue weighted by atomic mass is 10.2. The van der Waals surface area contributed by atoms with Crippen LogP contribution in [0.1, 0.15) is 17.5 Å². The molecule has 1 unspecified atom stereocenters. The van der Waals surface area contributed by atoms with Gasteiger partial charge in [-0.1, -0.05) is 11.6 Å². The van der Waals surface area contributed by atoms with Crippen LogP contribution in [0.4, 0.5) is 0 Å². The second-order valence-electron chi connectivity index (χ2n) is 3.12. The zero-order chi connectivity index (χ0) is 11.0. The van der Waals surface area contributed by atoms with Crippen LogP contribution in [0.5, 0.6) is 0 Å². The van der Waals surface area contributed by atoms with Gasteiger partial charge in [-0.15, -0.1) is 0 Å². The van der Waals surface area contributed by atoms with Crippen molar-refractivity contribution >= 4 is 27.5 Å². The van der Waals surface area contributed by atoms with Crippen LogP contribution in [0.2, 0.25) is 5.02 Å². The lowest BCUT2D eigenvalue weighted by Gasteiger charge is -2.09. The Balaban J connectivity index is 2.40. The second-order valence-corrected chi connectivity index (χ2v) is 4.31. The third-order valence-corrected chi connectivity index (χ3v) is 2.85. The van der Waals surface area contributed by atoms with Gasteiger partial charge in [-0.2, -0.15) is 5.10 Å². The molecule has 6 heteroatoms. The van der Waals surface area contributed by atoms with Gasteiger partial charge < -0.3 is 10.2 Å². The van der Waals surface area contributed by atoms with Gasteiger partial charge in [0, 0.05) is 7.05 Å². The summed E-state index contributed by atoms with van der Waals surface area (Å²) in [6.07, 6.45) is 1.56. The Labute approximate surface area is 100 Å². The third kappa shape index (κ3) is 1.95. The molecular weight excluding hydrogens is 281 g/mol. The molecule has 4 nitrogen and oxygen atoms in total. The Morgan fingerprint density at radius 2 is 2.33 bits per heavy atom. The van der Waals surface area contributed by atoms with Crippen LogP contribution in [0.15, 0.2) is 27.4 Å². The molecule has 0 spiro atoms. The first-order chi connectivity index (χ1) is 7.09. The molecule has 2 aromatic rings. The molecule has 0 radical (unpaired) electrons. The summed E-state index contributed by atoms with van der Waals surface area (Å²) in [5.74, 6) is 0.646. The molecule has 2 aromatic heterocycles. The van der Waals surface area contributed by atoms with Crippen LogP contribution >= 0.6 is 27.5 Å². The molecule has 0 saturated carbocycles. The first-order valence-electron chi connectivity index (χ1n) is 4.28. The first kappa shape index (κ1) is 10.7. The van der Waals surface area contributed by atoms with Gasteiger partial charge in [0.25, 0.3) is 0 Å². The number of nitrogens with two attached hydrogens (primary N) is 1. The molecular formula is C9H9BrClN3O. The van der Waals surface area contributed by atoms with Crippen molar-refractivity contribution in [2.45, 2.75) is 6.04 Å². The number of hydrogen-bond donors (Lipinski definition) is 1. The topological polar surface area (TPSA) is 57.0 Å². The fraction of sp³-hybridized carbons (Fsp3) is 0.222. The van der Waals surface area contributed by atoms with Crippen LogP contribution in [0.25, 0.3) is 0 Å². The molecule has 0 saturated heterocycles. The van der Waals surface area contributed by atoms with Gasteiger partial charge in [0.1, 0.15) is 11.8 Å². The predicted molar refractivity (Wildman–Crippen MR) is 60.7 cm³/mol. The van der Waals surface area contributed by atoms with Gasteiger partial charge in [0.15, 0.2) is 4.67 Å². The summed E-state index contributed by atoms with van der Waals surface area (Å²) in [6.45, 7) is 0. The highest BCUT2D eigenvalue weighted by Crippen LogP contribution is 2.28. The average Bonchev–Trinajstić information content (AvgIpc) is 2.73. The summed E-state index contributed by atoms with van der Waals surface area (Å²) in [6, 6.07) is 3.19. The van der Waals surface area contributed by atoms with E-state index in [1.165, 1.54) is 0 Å². The van der Waals surface area contributed by atoms with E-state index in [1.807, 2.05) is 0 Å². The molecule has 2 heterocycles. The van der Waals surface area contributed by atoms with E-state index < -0.39 is 6.04 Å². The van der Waals surface area contributed by atoms with E-state index in [9.17, 15) is 0 Å². The maximum Gasteiger partial charge on any atom is 0.169 e. The number of halogens is 2. The average molecular weight is 291 g/mol. The molecule has 1 atom stereocenters. The number of furan rings is 1. The van der Waals surface area contributed by atoms with E-state index >= 15 is 0 Å². The Morgan fingerprint density at radius 3 is 2.80 bits per heavy atom. The minimum Gasteiger partial charge on any atom is -0.452 e. The number of aromatic nitrogens is 2. The van der Waals surface area contributed by atoms with Crippen molar-refractivity contribution in [2.75, 3.05) is 0 Å². The van der Waals surface area contributed by atoms with Gasteiger partial charge in [0.05, 0.1) is 16.9 Å². The highest BCUT2D eigenvalue weighted by molar-refractivity contribution is 9.10. The van der Waals surface area contributed by atoms with Crippen molar-refractivity contribution in [2.24, 2.45) is 12.8 Å². The number of rotatable bonds is 2. The minimum atomic E-state index is -0.406. The quantitative estimate of drug-likeness (QED) is 0.924. The van der Waals surface area contributed by atoms with Gasteiger partial charge in [-0.3, -0.25) is 4.68 Å². The van der Waals surface area contributed by atoms with Gasteiger partial charge in [-0.05, 0) is 28.1 Å². The van der Waals surface area contributed by atoms with E-state index in [-0.39, 0.29) is 0 Å². The maximum atomic E-state index is 6.02. The molecule has 0 aromatic carbocycles. The molecule has 2 rings (SSSR count). The monoisotopic (exact) mass is 289 g/mol. The summed E-state index contributed by atoms with van der Waals surface area (Å²) >= 11 is 9.20. The Morgan fingerprint density at radius 1 is 1.60 bits per heavy atom. The summed E-state index contributed by atoms with van der Waals surface area (Å²) in [5, 5.41) is 4.56. The van der Waals surface area contributed by atoms with Crippen LogP contribution in [-0.2, 0) is 7.05 Å². The maximum absolute atomic E-state index is 6.02. The van der Waals surface area contributed by atoms with Crippen LogP contribution in [0, 0.1) is 0 Å². The molecule has 0 fully saturated rings. The summed E-state index contributed by atoms with van der Waals surface area (Å²) in [7, 11) is 1.79. The van der Waals surface area contributed by atoms with E-state index in [2.05, 4.69) is 21.0 Å². The van der Waals surface area contributed by atoms with Crippen molar-refractivity contribution < 1.29 is 4.42 Å². The largest absolute Gasteiger partial charge is 0.452 e. The highest BCUT2D eigenvalue weighted by atomic mass is 79.9. The van der Waals surface area contributed by atoms with Crippen LogP contribution in [0.3, 0.4) is 0 Å². The summed E-state index contributed by atoms with van der Waals surface area (Å²) < 4.78 is 7.66. The summed E-state index contributed by atoms with van der Waals surface area (Å²) in [4.78, 5) is 0. The van der Waals surface area contributed by atoms with Crippen LogP contribution < -0.4 is 5.73 Å². The van der Waals surface area contributed by atoms with Crippen molar-refractivity contribution in [3.8, 4) is 0 Å². The molecule has 0 amide bonds. The molecule has 2 N–H and O–H groups in total. The number of nitrogens with zero attached hydrogens (tertiary/aromatic N) is 2. The van der Waals surface area contributed by atoms with E-state index in [0.717, 1.165) is 5.69 Å². The number of aryl methyl sites for hydroxylation is 1. The SMILES string of the molecule is Cn1ncc(Cl)c1C(N)c1ccc(Br)o1. The molecule has 0 aliphatic carbocycles. The minimum absolute atomic E-state index is 0.406. The van der Waals surface area contributed by atoms with Gasteiger partial charge in [-0.25, -0.2) is 0 Å². The Kier molecular flexibility index (Phi) is 2.86. The van der Waals surface area contributed by atoms with Crippen molar-refractivity contribution in [1.29, 1.82) is 0 Å². The fourth-order valence-electron chi connectivity index (χ4n) is 1.40. The predicted octanol–water partition coefficient (Wildman–Crippen LogP) is 2.48. The normalized spacial score (nSPS) is 13.1. The Hall–Kier alpha value is -0.780. The van der Waals surface area contributed by atoms with Gasteiger partial charge >= 0.3 is 0 Å². The fourth-order valence-corrected chi connectivity index (χ4v) is 2.00. The van der Waals surface area contributed by atoms with Crippen molar-refractivity contribution in [3.05, 3.63) is 39.5 Å². The van der Waals surface area contributed by atoms with Gasteiger partial charge in [0.2, 0.25) is 0 Å². The summed E-state index contributed by atoms with van der Waals surface area (Å²) in [5.41, 5.74) is 6.75. The van der Waals surface area contributed by atoms with E-state index in [0.29, 0.717) is 15.5 Å². The highest BCUT2D eigenvalue weighted by Gasteiger charge is 2.19. The van der Waals surface area contributed by atoms with Crippen molar-refractivity contribution in [1.82, 2.24) is 9.78 Å². The molecule has 0 bridgehead atoms. The lowest BCUT2D eigenvalue weighted by molar-refractivity contribution is 0.461. The molecule has 0 aliphatic heterocycles. The van der Waals surface area contributed by atoms with E-state index in [1.54, 1.807) is 30.1 Å². The van der Waals surface area contributed by atoms with E-state index in [4.69, 9.17) is 21.8 Å². The Bertz CT molecular complexity index is 460. The number of hydrogen-bond acceptors (Lipinski definition) is 3. The zero-order valence-corrected chi connectivity index (χ0v) is 10.3. The van der Waals surface area contributed by atoms with Crippen molar-refractivity contribution in [3.63, 3.8) is 0 Å².